The lowest BCUT2D eigenvalue weighted by Crippen LogP contribution is -2.42. The summed E-state index contributed by atoms with van der Waals surface area (Å²) in [6.45, 7) is 13.1. The molecule has 0 N–H and O–H groups in total. The average molecular weight is 223 g/mol. The number of rotatable bonds is 2. The predicted molar refractivity (Wildman–Crippen MR) is 65.3 cm³/mol. The van der Waals surface area contributed by atoms with Crippen LogP contribution in [0, 0.1) is 0 Å². The van der Waals surface area contributed by atoms with Crippen molar-refractivity contribution in [3.05, 3.63) is 25.3 Å². The summed E-state index contributed by atoms with van der Waals surface area (Å²) in [6, 6.07) is 0.135. The molecule has 1 amide bonds. The van der Waals surface area contributed by atoms with Gasteiger partial charge in [0.05, 0.1) is 12.1 Å². The highest BCUT2D eigenvalue weighted by molar-refractivity contribution is 5.70. The molecule has 0 bridgehead atoms. The third-order valence-corrected chi connectivity index (χ3v) is 2.62. The van der Waals surface area contributed by atoms with Crippen molar-refractivity contribution in [3.8, 4) is 0 Å². The summed E-state index contributed by atoms with van der Waals surface area (Å²) in [5.41, 5.74) is -0.461. The second-order valence-corrected chi connectivity index (χ2v) is 5.07. The van der Waals surface area contributed by atoms with Gasteiger partial charge in [-0.2, -0.15) is 0 Å². The molecule has 0 aromatic heterocycles. The van der Waals surface area contributed by atoms with Crippen LogP contribution in [0.25, 0.3) is 0 Å². The lowest BCUT2D eigenvalue weighted by Gasteiger charge is -2.30. The highest BCUT2D eigenvalue weighted by Gasteiger charge is 2.36. The second kappa shape index (κ2) is 4.73. The van der Waals surface area contributed by atoms with E-state index in [1.807, 2.05) is 20.8 Å². The van der Waals surface area contributed by atoms with Gasteiger partial charge in [-0.15, -0.1) is 13.2 Å². The van der Waals surface area contributed by atoms with Gasteiger partial charge >= 0.3 is 6.09 Å². The van der Waals surface area contributed by atoms with Crippen molar-refractivity contribution in [2.75, 3.05) is 0 Å². The van der Waals surface area contributed by atoms with Crippen LogP contribution in [0.2, 0.25) is 0 Å². The van der Waals surface area contributed by atoms with E-state index in [-0.39, 0.29) is 18.2 Å². The molecule has 1 fully saturated rings. The third-order valence-electron chi connectivity index (χ3n) is 2.62. The summed E-state index contributed by atoms with van der Waals surface area (Å²) in [6.07, 6.45) is 5.18. The molecule has 0 aliphatic carbocycles. The number of hydrogen-bond acceptors (Lipinski definition) is 2. The Balaban J connectivity index is 2.77. The first-order valence-corrected chi connectivity index (χ1v) is 5.65. The fourth-order valence-corrected chi connectivity index (χ4v) is 1.91. The molecule has 1 saturated heterocycles. The zero-order valence-electron chi connectivity index (χ0n) is 10.4. The van der Waals surface area contributed by atoms with Crippen molar-refractivity contribution in [2.24, 2.45) is 0 Å². The van der Waals surface area contributed by atoms with E-state index in [2.05, 4.69) is 13.2 Å². The summed E-state index contributed by atoms with van der Waals surface area (Å²) >= 11 is 0. The van der Waals surface area contributed by atoms with E-state index < -0.39 is 5.60 Å². The minimum Gasteiger partial charge on any atom is -0.444 e. The van der Waals surface area contributed by atoms with Gasteiger partial charge in [0.2, 0.25) is 0 Å². The van der Waals surface area contributed by atoms with Crippen LogP contribution < -0.4 is 0 Å². The maximum atomic E-state index is 12.0. The number of carbonyl (C=O) groups excluding carboxylic acids is 1. The molecule has 0 unspecified atom stereocenters. The smallest absolute Gasteiger partial charge is 0.411 e. The normalized spacial score (nSPS) is 25.3. The van der Waals surface area contributed by atoms with Crippen LogP contribution in [-0.2, 0) is 4.74 Å². The van der Waals surface area contributed by atoms with Gasteiger partial charge in [0.15, 0.2) is 0 Å². The van der Waals surface area contributed by atoms with Gasteiger partial charge in [-0.1, -0.05) is 12.2 Å². The van der Waals surface area contributed by atoms with Crippen LogP contribution >= 0.6 is 0 Å². The zero-order valence-corrected chi connectivity index (χ0v) is 10.4. The molecule has 0 radical (unpaired) electrons. The van der Waals surface area contributed by atoms with E-state index in [0.717, 1.165) is 12.8 Å². The molecule has 90 valence electrons. The molecule has 3 nitrogen and oxygen atoms in total. The summed E-state index contributed by atoms with van der Waals surface area (Å²) in [4.78, 5) is 13.7. The monoisotopic (exact) mass is 223 g/mol. The van der Waals surface area contributed by atoms with Crippen molar-refractivity contribution >= 4 is 6.09 Å². The molecule has 3 heteroatoms. The lowest BCUT2D eigenvalue weighted by molar-refractivity contribution is 0.0213. The van der Waals surface area contributed by atoms with Gasteiger partial charge in [0.25, 0.3) is 0 Å². The van der Waals surface area contributed by atoms with Crippen molar-refractivity contribution < 1.29 is 9.53 Å². The number of likely N-dealkylation sites (tertiary alicyclic amines) is 1. The molecule has 1 rings (SSSR count). The van der Waals surface area contributed by atoms with E-state index >= 15 is 0 Å². The topological polar surface area (TPSA) is 29.5 Å². The summed E-state index contributed by atoms with van der Waals surface area (Å²) < 4.78 is 5.38. The largest absolute Gasteiger partial charge is 0.444 e. The minimum atomic E-state index is -0.461. The van der Waals surface area contributed by atoms with Crippen LogP contribution in [-0.4, -0.2) is 28.7 Å². The van der Waals surface area contributed by atoms with Crippen LogP contribution in [0.1, 0.15) is 33.6 Å². The number of carbonyl (C=O) groups is 1. The highest BCUT2D eigenvalue weighted by Crippen LogP contribution is 2.27. The quantitative estimate of drug-likeness (QED) is 0.673. The number of amides is 1. The summed E-state index contributed by atoms with van der Waals surface area (Å²) in [5.74, 6) is 0. The molecule has 1 aliphatic heterocycles. The fraction of sp³-hybridized carbons (Fsp3) is 0.615. The SMILES string of the molecule is C=C[C@@H]1CC[C@H](C=C)N1C(=O)OC(C)(C)C. The van der Waals surface area contributed by atoms with Crippen molar-refractivity contribution in [3.63, 3.8) is 0 Å². The number of ether oxygens (including phenoxy) is 1. The first kappa shape index (κ1) is 12.8. The van der Waals surface area contributed by atoms with Crippen LogP contribution in [0.3, 0.4) is 0 Å². The molecule has 2 atom stereocenters. The van der Waals surface area contributed by atoms with Crippen molar-refractivity contribution in [1.29, 1.82) is 0 Å². The van der Waals surface area contributed by atoms with Gasteiger partial charge < -0.3 is 4.74 Å². The van der Waals surface area contributed by atoms with Gasteiger partial charge in [-0.3, -0.25) is 4.90 Å². The molecule has 16 heavy (non-hydrogen) atoms. The van der Waals surface area contributed by atoms with Crippen molar-refractivity contribution in [2.45, 2.75) is 51.3 Å². The van der Waals surface area contributed by atoms with Gasteiger partial charge in [0.1, 0.15) is 5.60 Å². The van der Waals surface area contributed by atoms with E-state index in [4.69, 9.17) is 4.74 Å². The van der Waals surface area contributed by atoms with Crippen LogP contribution in [0.4, 0.5) is 4.79 Å². The second-order valence-electron chi connectivity index (χ2n) is 5.07. The van der Waals surface area contributed by atoms with Gasteiger partial charge in [-0.05, 0) is 33.6 Å². The maximum Gasteiger partial charge on any atom is 0.411 e. The maximum absolute atomic E-state index is 12.0. The number of nitrogens with zero attached hydrogens (tertiary/aromatic N) is 1. The molecule has 1 aliphatic rings. The molecule has 0 spiro atoms. The Kier molecular flexibility index (Phi) is 3.79. The highest BCUT2D eigenvalue weighted by atomic mass is 16.6. The molecule has 1 heterocycles. The Morgan fingerprint density at radius 3 is 2.00 bits per heavy atom. The molecule has 0 saturated carbocycles. The van der Waals surface area contributed by atoms with Crippen molar-refractivity contribution in [1.82, 2.24) is 4.90 Å². The fourth-order valence-electron chi connectivity index (χ4n) is 1.91. The van der Waals surface area contributed by atoms with Gasteiger partial charge in [-0.25, -0.2) is 4.79 Å². The summed E-state index contributed by atoms with van der Waals surface area (Å²) in [5, 5.41) is 0. The Labute approximate surface area is 97.8 Å². The molecular formula is C13H21NO2. The Bertz CT molecular complexity index is 275. The first-order chi connectivity index (χ1) is 7.39. The van der Waals surface area contributed by atoms with Crippen LogP contribution in [0.15, 0.2) is 25.3 Å². The summed E-state index contributed by atoms with van der Waals surface area (Å²) in [7, 11) is 0. The average Bonchev–Trinajstić information content (AvgIpc) is 2.57. The molecular weight excluding hydrogens is 202 g/mol. The first-order valence-electron chi connectivity index (χ1n) is 5.65. The van der Waals surface area contributed by atoms with Crippen LogP contribution in [0.5, 0.6) is 0 Å². The minimum absolute atomic E-state index is 0.0675. The molecule has 0 aromatic carbocycles. The standard InChI is InChI=1S/C13H21NO2/c1-6-10-8-9-11(7-2)14(10)12(15)16-13(3,4)5/h6-7,10-11H,1-2,8-9H2,3-5H3/t10-,11+. The Hall–Kier alpha value is -1.25. The van der Waals surface area contributed by atoms with E-state index in [9.17, 15) is 4.79 Å². The van der Waals surface area contributed by atoms with Gasteiger partial charge in [0, 0.05) is 0 Å². The lowest BCUT2D eigenvalue weighted by atomic mass is 10.2. The molecule has 0 aromatic rings. The number of hydrogen-bond donors (Lipinski definition) is 0. The Morgan fingerprint density at radius 1 is 1.25 bits per heavy atom. The Morgan fingerprint density at radius 2 is 1.69 bits per heavy atom. The van der Waals surface area contributed by atoms with E-state index in [0.29, 0.717) is 0 Å². The van der Waals surface area contributed by atoms with E-state index in [1.165, 1.54) is 0 Å². The predicted octanol–water partition coefficient (Wildman–Crippen LogP) is 3.13. The zero-order chi connectivity index (χ0) is 12.3. The van der Waals surface area contributed by atoms with E-state index in [1.54, 1.807) is 17.1 Å². The third kappa shape index (κ3) is 2.87.